The average Bonchev–Trinajstić information content (AvgIpc) is 2.73. The number of carbonyl (C=O) groups is 1. The Labute approximate surface area is 117 Å². The predicted molar refractivity (Wildman–Crippen MR) is 76.0 cm³/mol. The van der Waals surface area contributed by atoms with Gasteiger partial charge in [0.2, 0.25) is 0 Å². The molecule has 2 aromatic rings. The third-order valence-corrected chi connectivity index (χ3v) is 3.23. The van der Waals surface area contributed by atoms with Crippen LogP contribution in [0.3, 0.4) is 0 Å². The Hall–Kier alpha value is -2.37. The number of aromatic nitrogens is 3. The molecule has 0 fully saturated rings. The Morgan fingerprint density at radius 3 is 2.70 bits per heavy atom. The number of rotatable bonds is 4. The highest BCUT2D eigenvalue weighted by Crippen LogP contribution is 2.24. The molecule has 0 saturated carbocycles. The summed E-state index contributed by atoms with van der Waals surface area (Å²) in [6.45, 7) is 4.11. The second-order valence-corrected chi connectivity index (χ2v) is 4.86. The Bertz CT molecular complexity index is 649. The standard InChI is InChI=1S/C14H18N4O2/c1-9-7-11(13(14(19)20)10(2)16-9)18(4)8-12-15-5-6-17(12)3/h5-7H,8H2,1-4H3,(H,19,20). The van der Waals surface area contributed by atoms with Crippen molar-refractivity contribution in [3.05, 3.63) is 41.2 Å². The molecule has 0 unspecified atom stereocenters. The molecule has 0 radical (unpaired) electrons. The number of carboxylic acid groups (broad SMARTS) is 1. The maximum atomic E-state index is 11.4. The van der Waals surface area contributed by atoms with Gasteiger partial charge >= 0.3 is 5.97 Å². The van der Waals surface area contributed by atoms with Crippen LogP contribution in [-0.2, 0) is 13.6 Å². The maximum Gasteiger partial charge on any atom is 0.339 e. The summed E-state index contributed by atoms with van der Waals surface area (Å²) in [4.78, 5) is 21.8. The highest BCUT2D eigenvalue weighted by atomic mass is 16.4. The lowest BCUT2D eigenvalue weighted by molar-refractivity contribution is 0.0696. The first-order valence-electron chi connectivity index (χ1n) is 6.29. The van der Waals surface area contributed by atoms with Crippen LogP contribution in [0.2, 0.25) is 0 Å². The topological polar surface area (TPSA) is 71.2 Å². The van der Waals surface area contributed by atoms with Gasteiger partial charge in [-0.3, -0.25) is 4.98 Å². The van der Waals surface area contributed by atoms with E-state index in [4.69, 9.17) is 0 Å². The number of pyridine rings is 1. The van der Waals surface area contributed by atoms with E-state index in [9.17, 15) is 9.90 Å². The molecule has 0 aliphatic heterocycles. The second-order valence-electron chi connectivity index (χ2n) is 4.86. The molecule has 0 atom stereocenters. The molecule has 0 bridgehead atoms. The van der Waals surface area contributed by atoms with Crippen molar-refractivity contribution in [1.82, 2.24) is 14.5 Å². The zero-order valence-electron chi connectivity index (χ0n) is 12.1. The fourth-order valence-electron chi connectivity index (χ4n) is 2.22. The van der Waals surface area contributed by atoms with Crippen LogP contribution in [0.4, 0.5) is 5.69 Å². The lowest BCUT2D eigenvalue weighted by Crippen LogP contribution is -2.22. The molecule has 1 N–H and O–H groups in total. The van der Waals surface area contributed by atoms with Crippen molar-refractivity contribution in [2.24, 2.45) is 7.05 Å². The molecule has 0 saturated heterocycles. The first-order valence-corrected chi connectivity index (χ1v) is 6.29. The van der Waals surface area contributed by atoms with Gasteiger partial charge in [-0.2, -0.15) is 0 Å². The molecule has 0 spiro atoms. The summed E-state index contributed by atoms with van der Waals surface area (Å²) >= 11 is 0. The van der Waals surface area contributed by atoms with E-state index in [1.54, 1.807) is 19.2 Å². The number of hydrogen-bond donors (Lipinski definition) is 1. The van der Waals surface area contributed by atoms with Crippen LogP contribution in [0.1, 0.15) is 27.6 Å². The maximum absolute atomic E-state index is 11.4. The number of nitrogens with zero attached hydrogens (tertiary/aromatic N) is 4. The van der Waals surface area contributed by atoms with Crippen LogP contribution in [0.15, 0.2) is 18.5 Å². The van der Waals surface area contributed by atoms with E-state index in [0.29, 0.717) is 17.9 Å². The van der Waals surface area contributed by atoms with E-state index in [1.807, 2.05) is 36.7 Å². The largest absolute Gasteiger partial charge is 0.478 e. The highest BCUT2D eigenvalue weighted by molar-refractivity contribution is 5.95. The molecule has 20 heavy (non-hydrogen) atoms. The van der Waals surface area contributed by atoms with Gasteiger partial charge in [-0.05, 0) is 19.9 Å². The van der Waals surface area contributed by atoms with E-state index in [2.05, 4.69) is 9.97 Å². The second kappa shape index (κ2) is 5.32. The monoisotopic (exact) mass is 274 g/mol. The smallest absolute Gasteiger partial charge is 0.339 e. The van der Waals surface area contributed by atoms with Gasteiger partial charge in [0.15, 0.2) is 0 Å². The average molecular weight is 274 g/mol. The molecule has 2 rings (SSSR count). The van der Waals surface area contributed by atoms with Gasteiger partial charge in [-0.25, -0.2) is 9.78 Å². The molecule has 6 heteroatoms. The van der Waals surface area contributed by atoms with Gasteiger partial charge in [-0.1, -0.05) is 0 Å². The molecular formula is C14H18N4O2. The van der Waals surface area contributed by atoms with Gasteiger partial charge in [0.25, 0.3) is 0 Å². The Kier molecular flexibility index (Phi) is 3.74. The van der Waals surface area contributed by atoms with Crippen LogP contribution in [-0.4, -0.2) is 32.7 Å². The van der Waals surface area contributed by atoms with Crippen molar-refractivity contribution >= 4 is 11.7 Å². The van der Waals surface area contributed by atoms with Gasteiger partial charge in [0, 0.05) is 32.2 Å². The first kappa shape index (κ1) is 14.0. The van der Waals surface area contributed by atoms with Crippen LogP contribution >= 0.6 is 0 Å². The Morgan fingerprint density at radius 1 is 1.45 bits per heavy atom. The molecule has 6 nitrogen and oxygen atoms in total. The van der Waals surface area contributed by atoms with Crippen LogP contribution in [0.25, 0.3) is 0 Å². The van der Waals surface area contributed by atoms with E-state index in [-0.39, 0.29) is 5.56 Å². The summed E-state index contributed by atoms with van der Waals surface area (Å²) in [5.41, 5.74) is 2.23. The normalized spacial score (nSPS) is 10.6. The van der Waals surface area contributed by atoms with Crippen molar-refractivity contribution in [1.29, 1.82) is 0 Å². The summed E-state index contributed by atoms with van der Waals surface area (Å²) in [6, 6.07) is 1.79. The van der Waals surface area contributed by atoms with Crippen LogP contribution in [0.5, 0.6) is 0 Å². The lowest BCUT2D eigenvalue weighted by Gasteiger charge is -2.22. The van der Waals surface area contributed by atoms with E-state index < -0.39 is 5.97 Å². The van der Waals surface area contributed by atoms with Gasteiger partial charge in [0.1, 0.15) is 11.4 Å². The Morgan fingerprint density at radius 2 is 2.15 bits per heavy atom. The number of carboxylic acids is 1. The van der Waals surface area contributed by atoms with Crippen molar-refractivity contribution in [3.8, 4) is 0 Å². The SMILES string of the molecule is Cc1cc(N(C)Cc2nccn2C)c(C(=O)O)c(C)n1. The molecule has 106 valence electrons. The van der Waals surface area contributed by atoms with Gasteiger partial charge in [0.05, 0.1) is 17.9 Å². The van der Waals surface area contributed by atoms with Crippen molar-refractivity contribution in [2.45, 2.75) is 20.4 Å². The molecular weight excluding hydrogens is 256 g/mol. The quantitative estimate of drug-likeness (QED) is 0.920. The highest BCUT2D eigenvalue weighted by Gasteiger charge is 2.19. The minimum absolute atomic E-state index is 0.243. The number of anilines is 1. The fourth-order valence-corrected chi connectivity index (χ4v) is 2.22. The molecule has 0 aliphatic carbocycles. The zero-order chi connectivity index (χ0) is 14.9. The van der Waals surface area contributed by atoms with Crippen LogP contribution < -0.4 is 4.90 Å². The lowest BCUT2D eigenvalue weighted by atomic mass is 10.1. The summed E-state index contributed by atoms with van der Waals surface area (Å²) in [7, 11) is 3.77. The van der Waals surface area contributed by atoms with E-state index >= 15 is 0 Å². The third-order valence-electron chi connectivity index (χ3n) is 3.23. The molecule has 0 amide bonds. The van der Waals surface area contributed by atoms with Gasteiger partial charge in [-0.15, -0.1) is 0 Å². The summed E-state index contributed by atoms with van der Waals surface area (Å²) in [5.74, 6) is -0.0901. The molecule has 0 aliphatic rings. The van der Waals surface area contributed by atoms with Crippen molar-refractivity contribution < 1.29 is 9.90 Å². The number of aryl methyl sites for hydroxylation is 3. The third kappa shape index (κ3) is 2.64. The predicted octanol–water partition coefficient (Wildman–Crippen LogP) is 1.77. The molecule has 0 aromatic carbocycles. The zero-order valence-corrected chi connectivity index (χ0v) is 12.1. The Balaban J connectivity index is 2.41. The minimum Gasteiger partial charge on any atom is -0.478 e. The van der Waals surface area contributed by atoms with Gasteiger partial charge < -0.3 is 14.6 Å². The van der Waals surface area contributed by atoms with E-state index in [1.165, 1.54) is 0 Å². The molecule has 2 aromatic heterocycles. The summed E-state index contributed by atoms with van der Waals surface area (Å²) in [5, 5.41) is 9.38. The fraction of sp³-hybridized carbons (Fsp3) is 0.357. The number of aromatic carboxylic acids is 1. The summed E-state index contributed by atoms with van der Waals surface area (Å²) in [6.07, 6.45) is 3.59. The van der Waals surface area contributed by atoms with E-state index in [0.717, 1.165) is 11.5 Å². The van der Waals surface area contributed by atoms with Crippen molar-refractivity contribution in [3.63, 3.8) is 0 Å². The number of hydrogen-bond acceptors (Lipinski definition) is 4. The minimum atomic E-state index is -0.961. The number of imidazole rings is 1. The molecule has 2 heterocycles. The van der Waals surface area contributed by atoms with Crippen LogP contribution in [0, 0.1) is 13.8 Å². The summed E-state index contributed by atoms with van der Waals surface area (Å²) < 4.78 is 1.91. The first-order chi connectivity index (χ1) is 9.40. The van der Waals surface area contributed by atoms with Crippen molar-refractivity contribution in [2.75, 3.05) is 11.9 Å².